The van der Waals surface area contributed by atoms with Crippen LogP contribution in [-0.2, 0) is 4.74 Å². The summed E-state index contributed by atoms with van der Waals surface area (Å²) in [5, 5.41) is 20.7. The van der Waals surface area contributed by atoms with Gasteiger partial charge in [0.25, 0.3) is 5.91 Å². The number of likely N-dealkylation sites (tertiary alicyclic amines) is 1. The average molecular weight is 296 g/mol. The Kier molecular flexibility index (Phi) is 3.51. The van der Waals surface area contributed by atoms with E-state index in [4.69, 9.17) is 9.15 Å². The molecule has 7 heteroatoms. The summed E-state index contributed by atoms with van der Waals surface area (Å²) in [5.41, 5.74) is -1.91. The number of carbonyl (C=O) groups is 1. The third-order valence-corrected chi connectivity index (χ3v) is 4.63. The van der Waals surface area contributed by atoms with Crippen LogP contribution in [0.15, 0.2) is 17.0 Å². The number of oxazole rings is 1. The maximum atomic E-state index is 12.2. The molecule has 0 aromatic carbocycles. The lowest BCUT2D eigenvalue weighted by Gasteiger charge is -2.51. The zero-order valence-corrected chi connectivity index (χ0v) is 12.0. The summed E-state index contributed by atoms with van der Waals surface area (Å²) >= 11 is 0. The molecule has 21 heavy (non-hydrogen) atoms. The zero-order chi connectivity index (χ0) is 15.1. The van der Waals surface area contributed by atoms with Crippen molar-refractivity contribution >= 4 is 5.91 Å². The molecule has 7 nitrogen and oxygen atoms in total. The summed E-state index contributed by atoms with van der Waals surface area (Å²) in [7, 11) is 0. The number of hydrogen-bond acceptors (Lipinski definition) is 6. The number of piperidine rings is 1. The lowest BCUT2D eigenvalue weighted by Crippen LogP contribution is -2.64. The van der Waals surface area contributed by atoms with Crippen molar-refractivity contribution in [2.24, 2.45) is 0 Å². The monoisotopic (exact) mass is 296 g/mol. The Labute approximate surface area is 122 Å². The maximum Gasteiger partial charge on any atom is 0.291 e. The fourth-order valence-corrected chi connectivity index (χ4v) is 3.23. The predicted octanol–water partition coefficient (Wildman–Crippen LogP) is 0.182. The van der Waals surface area contributed by atoms with Gasteiger partial charge in [-0.3, -0.25) is 4.79 Å². The van der Waals surface area contributed by atoms with Gasteiger partial charge in [0.15, 0.2) is 6.39 Å². The molecule has 2 saturated heterocycles. The van der Waals surface area contributed by atoms with Gasteiger partial charge in [0.05, 0.1) is 18.4 Å². The summed E-state index contributed by atoms with van der Waals surface area (Å²) in [6, 6.07) is 0. The molecule has 0 saturated carbocycles. The van der Waals surface area contributed by atoms with Gasteiger partial charge in [-0.1, -0.05) is 0 Å². The van der Waals surface area contributed by atoms with E-state index in [0.29, 0.717) is 39.0 Å². The summed E-state index contributed by atoms with van der Waals surface area (Å²) in [4.78, 5) is 17.6. The molecule has 3 heterocycles. The van der Waals surface area contributed by atoms with Crippen LogP contribution in [0.5, 0.6) is 0 Å². The van der Waals surface area contributed by atoms with Crippen molar-refractivity contribution in [2.45, 2.75) is 43.5 Å². The molecule has 1 aromatic rings. The van der Waals surface area contributed by atoms with Crippen molar-refractivity contribution in [3.63, 3.8) is 0 Å². The molecule has 3 rings (SSSR count). The molecule has 1 aromatic heterocycles. The number of amides is 1. The average Bonchev–Trinajstić information content (AvgIpc) is 2.99. The largest absolute Gasteiger partial charge is 0.438 e. The maximum absolute atomic E-state index is 12.2. The summed E-state index contributed by atoms with van der Waals surface area (Å²) in [6.45, 7) is 2.95. The van der Waals surface area contributed by atoms with Gasteiger partial charge < -0.3 is 24.3 Å². The molecule has 1 spiro atoms. The SMILES string of the molecule is C[C@@]1(O)CCOC2(CCN(C(=O)c3cnco3)CC2)[C@H]1O. The molecular formula is C14H20N2O5. The number of rotatable bonds is 1. The van der Waals surface area contributed by atoms with Gasteiger partial charge in [-0.2, -0.15) is 0 Å². The lowest BCUT2D eigenvalue weighted by atomic mass is 9.75. The number of hydrogen-bond donors (Lipinski definition) is 2. The van der Waals surface area contributed by atoms with Crippen LogP contribution in [0, 0.1) is 0 Å². The highest BCUT2D eigenvalue weighted by Gasteiger charge is 2.53. The minimum Gasteiger partial charge on any atom is -0.438 e. The highest BCUT2D eigenvalue weighted by Crippen LogP contribution is 2.39. The second-order valence-electron chi connectivity index (χ2n) is 6.08. The zero-order valence-electron chi connectivity index (χ0n) is 12.0. The number of carbonyl (C=O) groups excluding carboxylic acids is 1. The van der Waals surface area contributed by atoms with Crippen LogP contribution < -0.4 is 0 Å². The molecule has 116 valence electrons. The number of nitrogens with zero attached hydrogens (tertiary/aromatic N) is 2. The lowest BCUT2D eigenvalue weighted by molar-refractivity contribution is -0.244. The first-order valence-electron chi connectivity index (χ1n) is 7.17. The fraction of sp³-hybridized carbons (Fsp3) is 0.714. The molecule has 1 amide bonds. The molecule has 2 N–H and O–H groups in total. The van der Waals surface area contributed by atoms with Gasteiger partial charge in [-0.05, 0) is 19.8 Å². The number of aromatic nitrogens is 1. The molecule has 2 aliphatic heterocycles. The van der Waals surface area contributed by atoms with Gasteiger partial charge in [0, 0.05) is 19.5 Å². The fourth-order valence-electron chi connectivity index (χ4n) is 3.23. The van der Waals surface area contributed by atoms with E-state index in [1.165, 1.54) is 12.6 Å². The van der Waals surface area contributed by atoms with Crippen LogP contribution in [-0.4, -0.2) is 63.0 Å². The molecule has 2 fully saturated rings. The van der Waals surface area contributed by atoms with E-state index in [-0.39, 0.29) is 11.7 Å². The van der Waals surface area contributed by atoms with E-state index in [1.807, 2.05) is 0 Å². The highest BCUT2D eigenvalue weighted by molar-refractivity contribution is 5.91. The molecule has 2 aliphatic rings. The Morgan fingerprint density at radius 2 is 2.14 bits per heavy atom. The number of ether oxygens (including phenoxy) is 1. The van der Waals surface area contributed by atoms with Crippen LogP contribution in [0.4, 0.5) is 0 Å². The van der Waals surface area contributed by atoms with Crippen LogP contribution in [0.1, 0.15) is 36.7 Å². The van der Waals surface area contributed by atoms with E-state index in [0.717, 1.165) is 0 Å². The molecule has 0 unspecified atom stereocenters. The Bertz CT molecular complexity index is 505. The normalized spacial score (nSPS) is 32.3. The van der Waals surface area contributed by atoms with Crippen LogP contribution >= 0.6 is 0 Å². The molecule has 0 bridgehead atoms. The van der Waals surface area contributed by atoms with E-state index in [2.05, 4.69) is 4.98 Å². The first-order chi connectivity index (χ1) is 9.95. The Hall–Kier alpha value is -1.44. The summed E-state index contributed by atoms with van der Waals surface area (Å²) < 4.78 is 10.8. The third-order valence-electron chi connectivity index (χ3n) is 4.63. The molecule has 0 aliphatic carbocycles. The second-order valence-corrected chi connectivity index (χ2v) is 6.08. The van der Waals surface area contributed by atoms with Crippen molar-refractivity contribution in [1.82, 2.24) is 9.88 Å². The minimum absolute atomic E-state index is 0.209. The number of aliphatic hydroxyl groups excluding tert-OH is 1. The first kappa shape index (κ1) is 14.5. The minimum atomic E-state index is -1.14. The first-order valence-corrected chi connectivity index (χ1v) is 7.17. The Balaban J connectivity index is 1.69. The molecule has 2 atom stereocenters. The quantitative estimate of drug-likeness (QED) is 0.767. The van der Waals surface area contributed by atoms with Gasteiger partial charge in [-0.15, -0.1) is 0 Å². The Morgan fingerprint density at radius 3 is 2.76 bits per heavy atom. The Morgan fingerprint density at radius 1 is 1.43 bits per heavy atom. The van der Waals surface area contributed by atoms with E-state index < -0.39 is 17.3 Å². The van der Waals surface area contributed by atoms with Gasteiger partial charge in [0.2, 0.25) is 5.76 Å². The molecular weight excluding hydrogens is 276 g/mol. The van der Waals surface area contributed by atoms with E-state index in [1.54, 1.807) is 11.8 Å². The topological polar surface area (TPSA) is 96.0 Å². The third kappa shape index (κ3) is 2.45. The van der Waals surface area contributed by atoms with Gasteiger partial charge in [-0.25, -0.2) is 4.98 Å². The number of aliphatic hydroxyl groups is 2. The van der Waals surface area contributed by atoms with Crippen molar-refractivity contribution < 1.29 is 24.2 Å². The smallest absolute Gasteiger partial charge is 0.291 e. The standard InChI is InChI=1S/C14H20N2O5/c1-13(19)4-7-21-14(12(13)18)2-5-16(6-3-14)11(17)10-8-15-9-20-10/h8-9,12,18-19H,2-7H2,1H3/t12-,13+/m0/s1. The highest BCUT2D eigenvalue weighted by atomic mass is 16.5. The van der Waals surface area contributed by atoms with Crippen molar-refractivity contribution in [3.8, 4) is 0 Å². The summed E-state index contributed by atoms with van der Waals surface area (Å²) in [6.07, 6.45) is 3.07. The molecule has 0 radical (unpaired) electrons. The second kappa shape index (κ2) is 5.08. The van der Waals surface area contributed by atoms with Crippen LogP contribution in [0.3, 0.4) is 0 Å². The van der Waals surface area contributed by atoms with Crippen molar-refractivity contribution in [3.05, 3.63) is 18.4 Å². The van der Waals surface area contributed by atoms with Crippen molar-refractivity contribution in [1.29, 1.82) is 0 Å². The van der Waals surface area contributed by atoms with E-state index >= 15 is 0 Å². The van der Waals surface area contributed by atoms with E-state index in [9.17, 15) is 15.0 Å². The van der Waals surface area contributed by atoms with Gasteiger partial charge >= 0.3 is 0 Å². The predicted molar refractivity (Wildman–Crippen MR) is 71.6 cm³/mol. The van der Waals surface area contributed by atoms with Crippen LogP contribution in [0.25, 0.3) is 0 Å². The van der Waals surface area contributed by atoms with Crippen molar-refractivity contribution in [2.75, 3.05) is 19.7 Å². The summed E-state index contributed by atoms with van der Waals surface area (Å²) in [5.74, 6) is 0.00228. The van der Waals surface area contributed by atoms with Crippen LogP contribution in [0.2, 0.25) is 0 Å². The van der Waals surface area contributed by atoms with Gasteiger partial charge in [0.1, 0.15) is 11.7 Å².